The van der Waals surface area contributed by atoms with E-state index in [0.717, 1.165) is 0 Å². The van der Waals surface area contributed by atoms with Gasteiger partial charge in [-0.05, 0) is 199 Å². The summed E-state index contributed by atoms with van der Waals surface area (Å²) in [5, 5.41) is 115. The summed E-state index contributed by atoms with van der Waals surface area (Å²) < 4.78 is 0. The standard InChI is InChI=1S/C89H158N40O17/c1-3-49(2)65(122-67(131)51(20-5-35-108-83(93)94)115-66(130)50(90)19-4-34-107-82(91)92)73(137)120-56(25-10-40-113-88(103)104)76(140)124-43-13-28-59(124)69(133)118-54(23-8-38-111-86(99)100)77(141)128-47-17-32-63(128)80(144)127-46-16-31-62(127)71(135)119-55(24-9-39-112-87(101)102)78(142)129-48-18-33-64(129)79(143)126-45-15-30-61(126)70(134)117-53(22-7-37-110-85(97)98)74(138)123-42-12-27-58(123)68(132)116-52(21-6-36-109-84(95)96)75(139)125-44-14-29-60(125)72(136)121-57(81(145)146)26-11-41-114-89(105)106/h49-65H,3-48,90H2,1-2H3,(H,115,130)(H,116,132)(H,117,134)(H,118,133)(H,119,135)(H,120,137)(H,121,136)(H,122,131)(H,145,146)(H4,91,92,107)(H4,93,94,108)(H4,95,96,109)(H4,97,98,110)(H4,99,100,111)(H4,101,102,112)(H4,103,104,113)(H4,105,106,114)/t49-,50-,51-,52-,53-,54-,55-,56-,57-,58-,59-,60-,61-,62-,63-,64-,65-/m0/s1. The second-order valence-corrected chi connectivity index (χ2v) is 37.9. The highest BCUT2D eigenvalue weighted by molar-refractivity contribution is 6.02. The molecule has 0 aromatic heterocycles. The fraction of sp³-hybridized carbons (Fsp3) is 0.730. The third-order valence-electron chi connectivity index (χ3n) is 27.2. The maximum absolute atomic E-state index is 15.4. The Morgan fingerprint density at radius 2 is 0.479 bits per heavy atom. The molecule has 816 valence electrons. The average Bonchev–Trinajstić information content (AvgIpc) is 1.64. The summed E-state index contributed by atoms with van der Waals surface area (Å²) in [6.07, 6.45) is 4.66. The number of carbonyl (C=O) groups is 16. The van der Waals surface area contributed by atoms with E-state index in [1.807, 2.05) is 0 Å². The fourth-order valence-corrected chi connectivity index (χ4v) is 19.5. The highest BCUT2D eigenvalue weighted by atomic mass is 16.4. The van der Waals surface area contributed by atoms with Gasteiger partial charge >= 0.3 is 5.97 Å². The van der Waals surface area contributed by atoms with E-state index in [1.54, 1.807) is 13.8 Å². The Kier molecular flexibility index (Phi) is 48.6. The monoisotopic (exact) mass is 2060 g/mol. The molecule has 0 spiro atoms. The minimum Gasteiger partial charge on any atom is -0.480 e. The van der Waals surface area contributed by atoms with Crippen molar-refractivity contribution in [2.75, 3.05) is 98.2 Å². The Balaban J connectivity index is 1.05. The lowest BCUT2D eigenvalue weighted by atomic mass is 9.96. The highest BCUT2D eigenvalue weighted by Gasteiger charge is 2.50. The van der Waals surface area contributed by atoms with Gasteiger partial charge in [0, 0.05) is 98.2 Å². The topological polar surface area (TPSA) is 933 Å². The summed E-state index contributed by atoms with van der Waals surface area (Å²) >= 11 is 0. The molecule has 43 N–H and O–H groups in total. The number of amides is 15. The first kappa shape index (κ1) is 119. The van der Waals surface area contributed by atoms with Crippen LogP contribution in [0.1, 0.15) is 213 Å². The summed E-state index contributed by atoms with van der Waals surface area (Å²) in [6, 6.07) is -20.1. The molecule has 7 heterocycles. The van der Waals surface area contributed by atoms with Crippen molar-refractivity contribution in [2.24, 2.45) is 57.5 Å². The van der Waals surface area contributed by atoms with Crippen LogP contribution in [0, 0.1) is 49.2 Å². The normalized spacial score (nSPS) is 20.5. The van der Waals surface area contributed by atoms with E-state index in [1.165, 1.54) is 34.3 Å². The average molecular weight is 2060 g/mol. The van der Waals surface area contributed by atoms with Crippen LogP contribution in [-0.2, 0) is 76.7 Å². The van der Waals surface area contributed by atoms with Gasteiger partial charge in [-0.1, -0.05) is 20.3 Å². The van der Waals surface area contributed by atoms with Crippen LogP contribution in [0.5, 0.6) is 0 Å². The third kappa shape index (κ3) is 36.7. The first-order valence-electron chi connectivity index (χ1n) is 50.6. The predicted octanol–water partition coefficient (Wildman–Crippen LogP) is -9.63. The Morgan fingerprint density at radius 1 is 0.274 bits per heavy atom. The predicted molar refractivity (Wildman–Crippen MR) is 537 cm³/mol. The summed E-state index contributed by atoms with van der Waals surface area (Å²) in [7, 11) is 0. The molecule has 0 aromatic carbocycles. The van der Waals surface area contributed by atoms with Gasteiger partial charge in [0.25, 0.3) is 0 Å². The number of hydrogen-bond donors (Lipinski definition) is 34. The van der Waals surface area contributed by atoms with Crippen LogP contribution >= 0.6 is 0 Å². The summed E-state index contributed by atoms with van der Waals surface area (Å²) in [4.78, 5) is 244. The number of aliphatic carboxylic acids is 1. The molecular formula is C89H158N40O17. The molecule has 0 radical (unpaired) electrons. The van der Waals surface area contributed by atoms with Gasteiger partial charge in [0.1, 0.15) is 90.6 Å². The highest BCUT2D eigenvalue weighted by Crippen LogP contribution is 2.32. The number of nitrogens with one attached hydrogen (secondary N) is 24. The van der Waals surface area contributed by atoms with Crippen molar-refractivity contribution in [2.45, 2.75) is 310 Å². The van der Waals surface area contributed by atoms with Crippen LogP contribution in [0.4, 0.5) is 0 Å². The Hall–Kier alpha value is -14.4. The number of carboxylic acid groups (broad SMARTS) is 1. The molecule has 7 aliphatic rings. The molecule has 7 fully saturated rings. The summed E-state index contributed by atoms with van der Waals surface area (Å²) in [5.74, 6) is -15.3. The molecule has 15 amide bonds. The zero-order valence-electron chi connectivity index (χ0n) is 83.6. The van der Waals surface area contributed by atoms with E-state index in [0.29, 0.717) is 51.4 Å². The SMILES string of the molecule is CC[C@H](C)[C@H](NC(=O)[C@H](CCCNC(=N)N)NC(=O)[C@@H](N)CCCNC(=N)N)C(=O)N[C@@H](CCCNC(=N)N)C(=O)N1CCC[C@H]1C(=O)N[C@@H](CCCNC(=N)N)C(=O)N1CCC[C@H]1C(=O)N1CCC[C@H]1C(=O)N[C@@H](CCCNC(=N)N)C(=O)N1CCC[C@H]1C(=O)N1CCC[C@H]1C(=O)N[C@@H](CCCNC(=N)N)C(=O)N1CCC[C@H]1C(=O)N[C@@H](CCCNC(=N)N)C(=O)N1CCC[C@H]1C(=O)N[C@@H](CCCNC(=N)N)C(=O)O. The number of hydrogen-bond acceptors (Lipinski definition) is 25. The minimum absolute atomic E-state index is 0.00519. The lowest BCUT2D eigenvalue weighted by molar-refractivity contribution is -0.150. The van der Waals surface area contributed by atoms with Gasteiger partial charge in [0.15, 0.2) is 47.7 Å². The van der Waals surface area contributed by atoms with Crippen molar-refractivity contribution in [1.82, 2.24) is 119 Å². The maximum atomic E-state index is 15.4. The van der Waals surface area contributed by atoms with Gasteiger partial charge in [-0.3, -0.25) is 115 Å². The minimum atomic E-state index is -1.37. The van der Waals surface area contributed by atoms with Gasteiger partial charge in [0.05, 0.1) is 6.04 Å². The summed E-state index contributed by atoms with van der Waals surface area (Å²) in [5.41, 5.74) is 50.6. The molecule has 7 saturated heterocycles. The summed E-state index contributed by atoms with van der Waals surface area (Å²) in [6.45, 7) is 4.66. The first-order chi connectivity index (χ1) is 69.4. The molecule has 0 unspecified atom stereocenters. The van der Waals surface area contributed by atoms with E-state index < -0.39 is 197 Å². The van der Waals surface area contributed by atoms with Crippen LogP contribution in [0.3, 0.4) is 0 Å². The van der Waals surface area contributed by atoms with Gasteiger partial charge in [-0.2, -0.15) is 0 Å². The molecular weight excluding hydrogens is 1900 g/mol. The first-order valence-corrected chi connectivity index (χ1v) is 50.6. The number of nitrogens with two attached hydrogens (primary N) is 9. The molecule has 0 aromatic rings. The van der Waals surface area contributed by atoms with E-state index in [4.69, 9.17) is 94.9 Å². The Labute approximate surface area is 848 Å². The molecule has 57 nitrogen and oxygen atoms in total. The zero-order valence-corrected chi connectivity index (χ0v) is 83.6. The lowest BCUT2D eigenvalue weighted by Crippen LogP contribution is -2.61. The van der Waals surface area contributed by atoms with Crippen molar-refractivity contribution in [3.8, 4) is 0 Å². The van der Waals surface area contributed by atoms with Crippen molar-refractivity contribution < 1.29 is 81.8 Å². The van der Waals surface area contributed by atoms with Crippen LogP contribution in [-0.4, -0.2) is 377 Å². The van der Waals surface area contributed by atoms with Gasteiger partial charge in [-0.15, -0.1) is 0 Å². The zero-order chi connectivity index (χ0) is 108. The molecule has 57 heteroatoms. The fourth-order valence-electron chi connectivity index (χ4n) is 19.5. The van der Waals surface area contributed by atoms with Crippen molar-refractivity contribution in [1.29, 1.82) is 43.3 Å². The van der Waals surface area contributed by atoms with E-state index in [-0.39, 0.29) is 294 Å². The second-order valence-electron chi connectivity index (χ2n) is 37.9. The van der Waals surface area contributed by atoms with Crippen molar-refractivity contribution in [3.05, 3.63) is 0 Å². The maximum Gasteiger partial charge on any atom is 0.326 e. The Bertz CT molecular complexity index is 4610. The molecule has 7 rings (SSSR count). The molecule has 0 aliphatic carbocycles. The molecule has 17 atom stereocenters. The number of carboxylic acids is 1. The van der Waals surface area contributed by atoms with Gasteiger partial charge in [0.2, 0.25) is 88.6 Å². The van der Waals surface area contributed by atoms with E-state index in [2.05, 4.69) is 85.1 Å². The van der Waals surface area contributed by atoms with Crippen molar-refractivity contribution in [3.63, 3.8) is 0 Å². The quantitative estimate of drug-likeness (QED) is 0.0153. The van der Waals surface area contributed by atoms with Crippen molar-refractivity contribution >= 4 is 142 Å². The second kappa shape index (κ2) is 59.8. The largest absolute Gasteiger partial charge is 0.480 e. The Morgan fingerprint density at radius 3 is 0.733 bits per heavy atom. The molecule has 0 saturated carbocycles. The molecule has 146 heavy (non-hydrogen) atoms. The number of carbonyl (C=O) groups excluding carboxylic acids is 15. The molecule has 7 aliphatic heterocycles. The van der Waals surface area contributed by atoms with Gasteiger partial charge < -0.3 is 176 Å². The smallest absolute Gasteiger partial charge is 0.326 e. The van der Waals surface area contributed by atoms with Gasteiger partial charge in [-0.25, -0.2) is 4.79 Å². The van der Waals surface area contributed by atoms with Crippen LogP contribution in [0.15, 0.2) is 0 Å². The van der Waals surface area contributed by atoms with E-state index in [9.17, 15) is 43.5 Å². The van der Waals surface area contributed by atoms with E-state index >= 15 is 38.4 Å². The molecule has 0 bridgehead atoms. The number of guanidine groups is 8. The lowest BCUT2D eigenvalue weighted by Gasteiger charge is -2.35. The van der Waals surface area contributed by atoms with Crippen LogP contribution in [0.2, 0.25) is 0 Å². The third-order valence-corrected chi connectivity index (χ3v) is 27.2. The number of rotatable bonds is 58. The van der Waals surface area contributed by atoms with Crippen LogP contribution in [0.25, 0.3) is 0 Å². The number of likely N-dealkylation sites (tertiary alicyclic amines) is 7. The van der Waals surface area contributed by atoms with Crippen LogP contribution < -0.4 is 137 Å². The number of nitrogens with zero attached hydrogens (tertiary/aromatic N) is 7.